The lowest BCUT2D eigenvalue weighted by molar-refractivity contribution is -0.0271. The van der Waals surface area contributed by atoms with Crippen LogP contribution in [0.3, 0.4) is 0 Å². The molecule has 1 unspecified atom stereocenters. The molecule has 6 nitrogen and oxygen atoms in total. The number of amides is 1. The quantitative estimate of drug-likeness (QED) is 0.757. The molecule has 1 fully saturated rings. The van der Waals surface area contributed by atoms with Gasteiger partial charge in [0.15, 0.2) is 0 Å². The number of rotatable bonds is 8. The van der Waals surface area contributed by atoms with Crippen LogP contribution in [0.15, 0.2) is 54.6 Å². The van der Waals surface area contributed by atoms with Crippen LogP contribution in [-0.2, 0) is 22.6 Å². The number of nitrogens with zero attached hydrogens (tertiary/aromatic N) is 1. The maximum absolute atomic E-state index is 12.3. The summed E-state index contributed by atoms with van der Waals surface area (Å²) in [7, 11) is 0. The Morgan fingerprint density at radius 1 is 1.18 bits per heavy atom. The molecule has 1 N–H and O–H groups in total. The lowest BCUT2D eigenvalue weighted by Crippen LogP contribution is -2.49. The zero-order valence-corrected chi connectivity index (χ0v) is 16.3. The van der Waals surface area contributed by atoms with E-state index in [0.717, 1.165) is 16.9 Å². The molecular formula is C22H28N2O4. The maximum atomic E-state index is 12.3. The first-order chi connectivity index (χ1) is 13.8. The lowest BCUT2D eigenvalue weighted by Gasteiger charge is -2.32. The highest BCUT2D eigenvalue weighted by Gasteiger charge is 2.25. The van der Waals surface area contributed by atoms with Crippen molar-refractivity contribution >= 4 is 6.09 Å². The zero-order valence-electron chi connectivity index (χ0n) is 16.3. The Kier molecular flexibility index (Phi) is 7.70. The van der Waals surface area contributed by atoms with Gasteiger partial charge in [0.25, 0.3) is 0 Å². The van der Waals surface area contributed by atoms with E-state index >= 15 is 0 Å². The molecule has 0 aliphatic carbocycles. The fraction of sp³-hybridized carbons (Fsp3) is 0.409. The number of ether oxygens (including phenoxy) is 3. The fourth-order valence-corrected chi connectivity index (χ4v) is 3.13. The van der Waals surface area contributed by atoms with Crippen LogP contribution < -0.4 is 10.1 Å². The number of nitrogens with one attached hydrogen (secondary N) is 1. The van der Waals surface area contributed by atoms with E-state index in [-0.39, 0.29) is 18.8 Å². The molecule has 3 rings (SSSR count). The Bertz CT molecular complexity index is 738. The van der Waals surface area contributed by atoms with Crippen molar-refractivity contribution < 1.29 is 19.0 Å². The highest BCUT2D eigenvalue weighted by molar-refractivity contribution is 5.67. The fourth-order valence-electron chi connectivity index (χ4n) is 3.13. The minimum absolute atomic E-state index is 0.0581. The molecule has 1 atom stereocenters. The molecule has 0 spiro atoms. The summed E-state index contributed by atoms with van der Waals surface area (Å²) in [6.45, 7) is 5.84. The summed E-state index contributed by atoms with van der Waals surface area (Å²) in [6, 6.07) is 17.7. The van der Waals surface area contributed by atoms with Crippen LogP contribution in [0.5, 0.6) is 5.75 Å². The summed E-state index contributed by atoms with van der Waals surface area (Å²) >= 11 is 0. The minimum atomic E-state index is -0.293. The van der Waals surface area contributed by atoms with Gasteiger partial charge in [-0.1, -0.05) is 48.5 Å². The van der Waals surface area contributed by atoms with Crippen LogP contribution in [0.25, 0.3) is 0 Å². The van der Waals surface area contributed by atoms with Crippen molar-refractivity contribution in [3.8, 4) is 5.75 Å². The Balaban J connectivity index is 1.43. The summed E-state index contributed by atoms with van der Waals surface area (Å²) in [4.78, 5) is 14.1. The van der Waals surface area contributed by atoms with Crippen molar-refractivity contribution in [3.05, 3.63) is 65.7 Å². The Morgan fingerprint density at radius 2 is 1.96 bits per heavy atom. The third-order valence-corrected chi connectivity index (χ3v) is 4.56. The molecule has 28 heavy (non-hydrogen) atoms. The van der Waals surface area contributed by atoms with Crippen molar-refractivity contribution in [2.45, 2.75) is 26.2 Å². The average molecular weight is 384 g/mol. The summed E-state index contributed by atoms with van der Waals surface area (Å²) in [5.74, 6) is 0.896. The van der Waals surface area contributed by atoms with Crippen LogP contribution >= 0.6 is 0 Å². The first-order valence-corrected chi connectivity index (χ1v) is 9.75. The largest absolute Gasteiger partial charge is 0.494 e. The first-order valence-electron chi connectivity index (χ1n) is 9.75. The second-order valence-electron chi connectivity index (χ2n) is 6.65. The van der Waals surface area contributed by atoms with Crippen molar-refractivity contribution in [2.24, 2.45) is 0 Å². The normalized spacial score (nSPS) is 16.6. The molecule has 1 saturated heterocycles. The number of hydrogen-bond donors (Lipinski definition) is 1. The molecule has 1 aliphatic heterocycles. The van der Waals surface area contributed by atoms with E-state index in [4.69, 9.17) is 14.2 Å². The number of carbonyl (C=O) groups is 1. The van der Waals surface area contributed by atoms with Gasteiger partial charge in [0.1, 0.15) is 12.4 Å². The Morgan fingerprint density at radius 3 is 2.79 bits per heavy atom. The molecule has 1 heterocycles. The summed E-state index contributed by atoms with van der Waals surface area (Å²) in [6.07, 6.45) is -0.351. The van der Waals surface area contributed by atoms with E-state index in [1.54, 1.807) is 4.90 Å². The maximum Gasteiger partial charge on any atom is 0.410 e. The smallest absolute Gasteiger partial charge is 0.410 e. The van der Waals surface area contributed by atoms with Crippen LogP contribution in [0.4, 0.5) is 4.79 Å². The van der Waals surface area contributed by atoms with Gasteiger partial charge in [-0.3, -0.25) is 0 Å². The zero-order chi connectivity index (χ0) is 19.6. The van der Waals surface area contributed by atoms with Crippen LogP contribution in [0, 0.1) is 0 Å². The highest BCUT2D eigenvalue weighted by atomic mass is 16.6. The highest BCUT2D eigenvalue weighted by Crippen LogP contribution is 2.17. The van der Waals surface area contributed by atoms with Gasteiger partial charge >= 0.3 is 6.09 Å². The van der Waals surface area contributed by atoms with E-state index in [9.17, 15) is 4.79 Å². The molecule has 0 aromatic heterocycles. The molecule has 6 heteroatoms. The van der Waals surface area contributed by atoms with Gasteiger partial charge in [0.05, 0.1) is 25.9 Å². The second kappa shape index (κ2) is 10.7. The number of para-hydroxylation sites is 1. The molecule has 2 aromatic carbocycles. The molecule has 1 aliphatic rings. The van der Waals surface area contributed by atoms with Crippen LogP contribution in [0.1, 0.15) is 18.1 Å². The molecule has 2 aromatic rings. The minimum Gasteiger partial charge on any atom is -0.494 e. The number of morpholine rings is 1. The Hall–Kier alpha value is -2.57. The van der Waals surface area contributed by atoms with E-state index in [1.807, 2.05) is 61.5 Å². The SMILES string of the molecule is CCOc1ccccc1CNCC1CN(C(=O)OCc2ccccc2)CCO1. The number of hydrogen-bond acceptors (Lipinski definition) is 5. The lowest BCUT2D eigenvalue weighted by atomic mass is 10.2. The van der Waals surface area contributed by atoms with Crippen molar-refractivity contribution in [3.63, 3.8) is 0 Å². The van der Waals surface area contributed by atoms with Gasteiger partial charge in [0.2, 0.25) is 0 Å². The third-order valence-electron chi connectivity index (χ3n) is 4.56. The monoisotopic (exact) mass is 384 g/mol. The molecular weight excluding hydrogens is 356 g/mol. The third kappa shape index (κ3) is 5.97. The standard InChI is InChI=1S/C22H28N2O4/c1-2-26-21-11-7-6-10-19(21)14-23-15-20-16-24(12-13-27-20)22(25)28-17-18-8-4-3-5-9-18/h3-11,20,23H,2,12-17H2,1H3. The number of benzene rings is 2. The van der Waals surface area contributed by atoms with E-state index in [2.05, 4.69) is 5.32 Å². The Labute approximate surface area is 166 Å². The molecule has 150 valence electrons. The number of carbonyl (C=O) groups excluding carboxylic acids is 1. The summed E-state index contributed by atoms with van der Waals surface area (Å²) in [5.41, 5.74) is 2.09. The van der Waals surface area contributed by atoms with E-state index in [0.29, 0.717) is 39.4 Å². The van der Waals surface area contributed by atoms with Crippen molar-refractivity contribution in [1.29, 1.82) is 0 Å². The van der Waals surface area contributed by atoms with E-state index < -0.39 is 0 Å². The predicted octanol–water partition coefficient (Wildman–Crippen LogP) is 3.21. The van der Waals surface area contributed by atoms with Gasteiger partial charge in [-0.05, 0) is 18.6 Å². The molecule has 0 radical (unpaired) electrons. The van der Waals surface area contributed by atoms with Crippen molar-refractivity contribution in [1.82, 2.24) is 10.2 Å². The van der Waals surface area contributed by atoms with Gasteiger partial charge in [0, 0.05) is 25.2 Å². The second-order valence-corrected chi connectivity index (χ2v) is 6.65. The van der Waals surface area contributed by atoms with Crippen molar-refractivity contribution in [2.75, 3.05) is 32.8 Å². The summed E-state index contributed by atoms with van der Waals surface area (Å²) < 4.78 is 16.9. The van der Waals surface area contributed by atoms with Gasteiger partial charge in [-0.2, -0.15) is 0 Å². The predicted molar refractivity (Wildman–Crippen MR) is 107 cm³/mol. The summed E-state index contributed by atoms with van der Waals surface area (Å²) in [5, 5.41) is 3.40. The van der Waals surface area contributed by atoms with Gasteiger partial charge in [-0.15, -0.1) is 0 Å². The van der Waals surface area contributed by atoms with Crippen LogP contribution in [-0.4, -0.2) is 49.9 Å². The first kappa shape index (κ1) is 20.2. The van der Waals surface area contributed by atoms with E-state index in [1.165, 1.54) is 0 Å². The average Bonchev–Trinajstić information content (AvgIpc) is 2.74. The molecule has 0 bridgehead atoms. The molecule has 1 amide bonds. The molecule has 0 saturated carbocycles. The van der Waals surface area contributed by atoms with Gasteiger partial charge in [-0.25, -0.2) is 4.79 Å². The van der Waals surface area contributed by atoms with Gasteiger partial charge < -0.3 is 24.4 Å². The topological polar surface area (TPSA) is 60.0 Å². The van der Waals surface area contributed by atoms with Crippen LogP contribution in [0.2, 0.25) is 0 Å².